The van der Waals surface area contributed by atoms with Crippen LogP contribution < -0.4 is 22.9 Å². The first kappa shape index (κ1) is 16.3. The topological polar surface area (TPSA) is 104 Å². The first-order chi connectivity index (χ1) is 9.56. The summed E-state index contributed by atoms with van der Waals surface area (Å²) in [7, 11) is 0. The van der Waals surface area contributed by atoms with E-state index < -0.39 is 0 Å². The van der Waals surface area contributed by atoms with E-state index >= 15 is 0 Å². The van der Waals surface area contributed by atoms with Gasteiger partial charge in [-0.15, -0.1) is 0 Å². The van der Waals surface area contributed by atoms with E-state index in [0.29, 0.717) is 13.1 Å². The van der Waals surface area contributed by atoms with Crippen molar-refractivity contribution in [2.24, 2.45) is 22.9 Å². The lowest BCUT2D eigenvalue weighted by Gasteiger charge is -2.04. The molecular formula is C16H24N4. The number of nitrogens with two attached hydrogens (primary N) is 4. The molecule has 8 N–H and O–H groups in total. The van der Waals surface area contributed by atoms with Gasteiger partial charge in [-0.3, -0.25) is 0 Å². The summed E-state index contributed by atoms with van der Waals surface area (Å²) >= 11 is 0. The summed E-state index contributed by atoms with van der Waals surface area (Å²) in [6.45, 7) is 3.22. The summed E-state index contributed by atoms with van der Waals surface area (Å²) in [5.41, 5.74) is 26.2. The van der Waals surface area contributed by atoms with Crippen LogP contribution in [-0.4, -0.2) is 0 Å². The third-order valence-electron chi connectivity index (χ3n) is 2.92. The zero-order chi connectivity index (χ0) is 15.0. The molecule has 0 aliphatic rings. The van der Waals surface area contributed by atoms with E-state index in [2.05, 4.69) is 0 Å². The number of benzene rings is 2. The van der Waals surface area contributed by atoms with Crippen molar-refractivity contribution in [3.8, 4) is 0 Å². The van der Waals surface area contributed by atoms with E-state index in [1.165, 1.54) is 5.56 Å². The van der Waals surface area contributed by atoms with Crippen LogP contribution in [0.5, 0.6) is 0 Å². The van der Waals surface area contributed by atoms with Gasteiger partial charge in [-0.2, -0.15) is 0 Å². The zero-order valence-corrected chi connectivity index (χ0v) is 11.9. The van der Waals surface area contributed by atoms with Crippen molar-refractivity contribution in [2.45, 2.75) is 26.2 Å². The van der Waals surface area contributed by atoms with Crippen molar-refractivity contribution in [1.29, 1.82) is 0 Å². The molecule has 0 aromatic heterocycles. The quantitative estimate of drug-likeness (QED) is 0.636. The van der Waals surface area contributed by atoms with Gasteiger partial charge < -0.3 is 22.9 Å². The molecule has 20 heavy (non-hydrogen) atoms. The van der Waals surface area contributed by atoms with E-state index in [-0.39, 0.29) is 6.17 Å². The smallest absolute Gasteiger partial charge is 0.0784 e. The van der Waals surface area contributed by atoms with E-state index in [0.717, 1.165) is 16.7 Å². The number of rotatable bonds is 3. The van der Waals surface area contributed by atoms with Gasteiger partial charge in [-0.25, -0.2) is 0 Å². The normalized spacial score (nSPS) is 10.1. The molecule has 0 amide bonds. The molecule has 108 valence electrons. The fourth-order valence-corrected chi connectivity index (χ4v) is 1.69. The van der Waals surface area contributed by atoms with Crippen molar-refractivity contribution < 1.29 is 0 Å². The summed E-state index contributed by atoms with van der Waals surface area (Å²) in [5.74, 6) is 0. The van der Waals surface area contributed by atoms with Gasteiger partial charge in [0.15, 0.2) is 0 Å². The molecule has 0 aliphatic carbocycles. The minimum Gasteiger partial charge on any atom is -0.326 e. The Kier molecular flexibility index (Phi) is 6.90. The van der Waals surface area contributed by atoms with Crippen molar-refractivity contribution >= 4 is 0 Å². The molecule has 0 bridgehead atoms. The monoisotopic (exact) mass is 272 g/mol. The molecule has 0 saturated heterocycles. The van der Waals surface area contributed by atoms with Crippen molar-refractivity contribution in [3.63, 3.8) is 0 Å². The SMILES string of the molecule is Cc1cccc(C(N)N)c1.NCc1ccc(CN)cc1. The number of hydrogen-bond acceptors (Lipinski definition) is 4. The average Bonchev–Trinajstić information content (AvgIpc) is 2.48. The highest BCUT2D eigenvalue weighted by Gasteiger charge is 1.96. The van der Waals surface area contributed by atoms with Gasteiger partial charge in [0.25, 0.3) is 0 Å². The number of aryl methyl sites for hydroxylation is 1. The molecule has 4 heteroatoms. The Bertz CT molecular complexity index is 483. The summed E-state index contributed by atoms with van der Waals surface area (Å²) in [4.78, 5) is 0. The zero-order valence-electron chi connectivity index (χ0n) is 11.9. The van der Waals surface area contributed by atoms with Gasteiger partial charge in [0.05, 0.1) is 6.17 Å². The highest BCUT2D eigenvalue weighted by molar-refractivity contribution is 5.24. The lowest BCUT2D eigenvalue weighted by atomic mass is 10.1. The fraction of sp³-hybridized carbons (Fsp3) is 0.250. The van der Waals surface area contributed by atoms with Gasteiger partial charge >= 0.3 is 0 Å². The molecule has 4 nitrogen and oxygen atoms in total. The number of hydrogen-bond donors (Lipinski definition) is 4. The molecule has 2 aromatic carbocycles. The lowest BCUT2D eigenvalue weighted by molar-refractivity contribution is 0.773. The van der Waals surface area contributed by atoms with Crippen molar-refractivity contribution in [3.05, 3.63) is 70.8 Å². The summed E-state index contributed by atoms with van der Waals surface area (Å²) < 4.78 is 0. The molecule has 0 spiro atoms. The van der Waals surface area contributed by atoms with Crippen LogP contribution in [0.1, 0.15) is 28.4 Å². The van der Waals surface area contributed by atoms with Crippen molar-refractivity contribution in [2.75, 3.05) is 0 Å². The first-order valence-corrected chi connectivity index (χ1v) is 6.62. The summed E-state index contributed by atoms with van der Waals surface area (Å²) in [6.07, 6.45) is -0.347. The van der Waals surface area contributed by atoms with Crippen LogP contribution in [0.15, 0.2) is 48.5 Å². The molecule has 0 unspecified atom stereocenters. The Hall–Kier alpha value is -1.72. The summed E-state index contributed by atoms with van der Waals surface area (Å²) in [5, 5.41) is 0. The average molecular weight is 272 g/mol. The standard InChI is InChI=1S/2C8H12N2/c1-6-3-2-4-7(5-6)8(9)10;9-5-7-1-2-8(6-10)4-3-7/h2-5,8H,9-10H2,1H3;1-4H,5-6,9-10H2. The first-order valence-electron chi connectivity index (χ1n) is 6.62. The third kappa shape index (κ3) is 5.50. The summed E-state index contributed by atoms with van der Waals surface area (Å²) in [6, 6.07) is 15.9. The minimum absolute atomic E-state index is 0.347. The largest absolute Gasteiger partial charge is 0.326 e. The van der Waals surface area contributed by atoms with E-state index in [9.17, 15) is 0 Å². The highest BCUT2D eigenvalue weighted by Crippen LogP contribution is 2.06. The van der Waals surface area contributed by atoms with E-state index in [1.54, 1.807) is 0 Å². The second-order valence-electron chi connectivity index (χ2n) is 4.66. The van der Waals surface area contributed by atoms with Gasteiger partial charge in [0, 0.05) is 13.1 Å². The Morgan fingerprint density at radius 2 is 1.35 bits per heavy atom. The second-order valence-corrected chi connectivity index (χ2v) is 4.66. The predicted molar refractivity (Wildman–Crippen MR) is 84.5 cm³/mol. The molecule has 0 fully saturated rings. The van der Waals surface area contributed by atoms with E-state index in [4.69, 9.17) is 22.9 Å². The Labute approximate surface area is 120 Å². The maximum absolute atomic E-state index is 5.46. The van der Waals surface area contributed by atoms with Gasteiger partial charge in [-0.05, 0) is 23.6 Å². The van der Waals surface area contributed by atoms with Gasteiger partial charge in [0.1, 0.15) is 0 Å². The molecule has 0 aliphatic heterocycles. The van der Waals surface area contributed by atoms with Gasteiger partial charge in [0.2, 0.25) is 0 Å². The van der Waals surface area contributed by atoms with Crippen LogP contribution in [0.4, 0.5) is 0 Å². The molecule has 2 rings (SSSR count). The molecule has 0 radical (unpaired) electrons. The third-order valence-corrected chi connectivity index (χ3v) is 2.92. The molecule has 0 saturated carbocycles. The van der Waals surface area contributed by atoms with E-state index in [1.807, 2.05) is 55.5 Å². The molecule has 0 atom stereocenters. The van der Waals surface area contributed by atoms with Crippen LogP contribution in [0.25, 0.3) is 0 Å². The molecule has 2 aromatic rings. The van der Waals surface area contributed by atoms with Crippen molar-refractivity contribution in [1.82, 2.24) is 0 Å². The Morgan fingerprint density at radius 1 is 0.850 bits per heavy atom. The molecule has 0 heterocycles. The van der Waals surface area contributed by atoms with Crippen LogP contribution in [-0.2, 0) is 13.1 Å². The maximum Gasteiger partial charge on any atom is 0.0784 e. The highest BCUT2D eigenvalue weighted by atomic mass is 14.8. The fourth-order valence-electron chi connectivity index (χ4n) is 1.69. The van der Waals surface area contributed by atoms with Crippen LogP contribution >= 0.6 is 0 Å². The predicted octanol–water partition coefficient (Wildman–Crippen LogP) is 1.52. The van der Waals surface area contributed by atoms with Crippen LogP contribution in [0, 0.1) is 6.92 Å². The van der Waals surface area contributed by atoms with Crippen LogP contribution in [0.2, 0.25) is 0 Å². The Morgan fingerprint density at radius 3 is 1.65 bits per heavy atom. The maximum atomic E-state index is 5.46. The molecular weight excluding hydrogens is 248 g/mol. The van der Waals surface area contributed by atoms with Gasteiger partial charge in [-0.1, -0.05) is 54.1 Å². The second kappa shape index (κ2) is 8.45. The minimum atomic E-state index is -0.347. The van der Waals surface area contributed by atoms with Crippen LogP contribution in [0.3, 0.4) is 0 Å². The lowest BCUT2D eigenvalue weighted by Crippen LogP contribution is -2.19. The Balaban J connectivity index is 0.000000200.